The van der Waals surface area contributed by atoms with Gasteiger partial charge in [-0.05, 0) is 45.8 Å². The van der Waals surface area contributed by atoms with Crippen LogP contribution < -0.4 is 4.74 Å². The van der Waals surface area contributed by atoms with Crippen LogP contribution in [0.4, 0.5) is 8.78 Å². The van der Waals surface area contributed by atoms with Crippen molar-refractivity contribution in [3.05, 3.63) is 50.6 Å². The normalized spacial score (nSPS) is 15.5. The number of amides is 1. The van der Waals surface area contributed by atoms with E-state index in [1.807, 2.05) is 4.90 Å². The van der Waals surface area contributed by atoms with Gasteiger partial charge in [0.25, 0.3) is 0 Å². The first-order valence-electron chi connectivity index (χ1n) is 8.28. The van der Waals surface area contributed by atoms with Crippen LogP contribution in [0.5, 0.6) is 5.75 Å². The van der Waals surface area contributed by atoms with E-state index in [1.54, 1.807) is 23.5 Å². The molecule has 0 atom stereocenters. The molecule has 1 saturated heterocycles. The van der Waals surface area contributed by atoms with Gasteiger partial charge in [0.1, 0.15) is 5.75 Å². The number of thiophene rings is 1. The predicted molar refractivity (Wildman–Crippen MR) is 101 cm³/mol. The number of carbonyl (C=O) groups is 1. The van der Waals surface area contributed by atoms with Crippen LogP contribution in [0.2, 0.25) is 0 Å². The van der Waals surface area contributed by atoms with Crippen LogP contribution in [0.25, 0.3) is 0 Å². The van der Waals surface area contributed by atoms with Crippen LogP contribution in [-0.4, -0.2) is 48.5 Å². The number of piperazine rings is 1. The average Bonchev–Trinajstić information content (AvgIpc) is 3.01. The highest BCUT2D eigenvalue weighted by Gasteiger charge is 2.21. The van der Waals surface area contributed by atoms with Crippen molar-refractivity contribution in [2.24, 2.45) is 0 Å². The Morgan fingerprint density at radius 2 is 1.81 bits per heavy atom. The quantitative estimate of drug-likeness (QED) is 0.674. The predicted octanol–water partition coefficient (Wildman–Crippen LogP) is 4.00. The second kappa shape index (κ2) is 8.92. The highest BCUT2D eigenvalue weighted by atomic mass is 79.9. The molecule has 2 heterocycles. The van der Waals surface area contributed by atoms with Crippen molar-refractivity contribution in [2.75, 3.05) is 26.2 Å². The fourth-order valence-corrected chi connectivity index (χ4v) is 4.41. The first kappa shape index (κ1) is 19.3. The van der Waals surface area contributed by atoms with Gasteiger partial charge in [0, 0.05) is 37.6 Å². The third-order valence-electron chi connectivity index (χ3n) is 4.24. The van der Waals surface area contributed by atoms with Gasteiger partial charge in [-0.15, -0.1) is 11.3 Å². The second-order valence-corrected chi connectivity index (χ2v) is 8.61. The highest BCUT2D eigenvalue weighted by molar-refractivity contribution is 9.11. The molecular weight excluding hydrogens is 426 g/mol. The van der Waals surface area contributed by atoms with Crippen molar-refractivity contribution in [2.45, 2.75) is 19.6 Å². The van der Waals surface area contributed by atoms with Gasteiger partial charge in [0.05, 0.1) is 10.2 Å². The van der Waals surface area contributed by atoms with Gasteiger partial charge in [-0.1, -0.05) is 12.1 Å². The Labute approximate surface area is 163 Å². The van der Waals surface area contributed by atoms with Crippen LogP contribution in [0.1, 0.15) is 10.4 Å². The third kappa shape index (κ3) is 5.49. The number of hydrogen-bond acceptors (Lipinski definition) is 4. The van der Waals surface area contributed by atoms with E-state index in [2.05, 4.69) is 37.7 Å². The summed E-state index contributed by atoms with van der Waals surface area (Å²) in [6.07, 6.45) is 0.271. The lowest BCUT2D eigenvalue weighted by Gasteiger charge is -2.34. The lowest BCUT2D eigenvalue weighted by molar-refractivity contribution is -0.132. The molecule has 26 heavy (non-hydrogen) atoms. The molecule has 8 heteroatoms. The molecule has 0 unspecified atom stereocenters. The van der Waals surface area contributed by atoms with Crippen molar-refractivity contribution >= 4 is 33.2 Å². The third-order valence-corrected chi connectivity index (χ3v) is 5.85. The van der Waals surface area contributed by atoms with E-state index in [-0.39, 0.29) is 18.1 Å². The number of alkyl halides is 2. The molecule has 1 amide bonds. The number of rotatable bonds is 6. The second-order valence-electron chi connectivity index (χ2n) is 6.06. The maximum absolute atomic E-state index is 12.5. The fourth-order valence-electron chi connectivity index (χ4n) is 2.89. The Balaban J connectivity index is 1.46. The lowest BCUT2D eigenvalue weighted by Crippen LogP contribution is -2.48. The van der Waals surface area contributed by atoms with Gasteiger partial charge in [-0.25, -0.2) is 0 Å². The minimum Gasteiger partial charge on any atom is -0.435 e. The van der Waals surface area contributed by atoms with E-state index in [0.717, 1.165) is 29.0 Å². The number of ether oxygens (including phenoxy) is 1. The Kier molecular flexibility index (Phi) is 6.61. The number of hydrogen-bond donors (Lipinski definition) is 0. The van der Waals surface area contributed by atoms with Gasteiger partial charge in [0.15, 0.2) is 0 Å². The first-order chi connectivity index (χ1) is 12.5. The minimum absolute atomic E-state index is 0.0612. The van der Waals surface area contributed by atoms with E-state index in [9.17, 15) is 13.6 Å². The maximum atomic E-state index is 12.5. The molecule has 3 rings (SSSR count). The minimum atomic E-state index is -2.84. The van der Waals surface area contributed by atoms with Crippen LogP contribution >= 0.6 is 27.3 Å². The van der Waals surface area contributed by atoms with E-state index in [1.165, 1.54) is 17.0 Å². The number of halogens is 3. The van der Waals surface area contributed by atoms with Gasteiger partial charge in [0.2, 0.25) is 5.91 Å². The molecule has 0 radical (unpaired) electrons. The Morgan fingerprint density at radius 3 is 2.38 bits per heavy atom. The summed E-state index contributed by atoms with van der Waals surface area (Å²) in [4.78, 5) is 18.0. The molecule has 1 aliphatic heterocycles. The molecule has 0 aliphatic carbocycles. The Hall–Kier alpha value is -1.51. The number of benzene rings is 1. The van der Waals surface area contributed by atoms with Gasteiger partial charge in [-0.3, -0.25) is 9.69 Å². The van der Waals surface area contributed by atoms with E-state index in [0.29, 0.717) is 13.1 Å². The molecule has 4 nitrogen and oxygen atoms in total. The summed E-state index contributed by atoms with van der Waals surface area (Å²) >= 11 is 5.21. The summed E-state index contributed by atoms with van der Waals surface area (Å²) in [5, 5.41) is 0. The monoisotopic (exact) mass is 444 g/mol. The van der Waals surface area contributed by atoms with Gasteiger partial charge >= 0.3 is 6.61 Å². The van der Waals surface area contributed by atoms with Crippen molar-refractivity contribution < 1.29 is 18.3 Å². The average molecular weight is 445 g/mol. The van der Waals surface area contributed by atoms with Crippen LogP contribution in [0.3, 0.4) is 0 Å². The molecule has 140 valence electrons. The zero-order valence-corrected chi connectivity index (χ0v) is 16.4. The van der Waals surface area contributed by atoms with E-state index < -0.39 is 6.61 Å². The molecular formula is C18H19BrF2N2O2S. The fraction of sp³-hybridized carbons (Fsp3) is 0.389. The van der Waals surface area contributed by atoms with Crippen molar-refractivity contribution in [3.8, 4) is 5.75 Å². The topological polar surface area (TPSA) is 32.8 Å². The lowest BCUT2D eigenvalue weighted by atomic mass is 10.1. The number of carbonyl (C=O) groups excluding carboxylic acids is 1. The van der Waals surface area contributed by atoms with Crippen LogP contribution in [-0.2, 0) is 17.8 Å². The smallest absolute Gasteiger partial charge is 0.387 e. The SMILES string of the molecule is O=C(Cc1ccc(OC(F)F)cc1)N1CCN(Cc2ccc(Br)s2)CC1. The zero-order chi connectivity index (χ0) is 18.5. The standard InChI is InChI=1S/C18H19BrF2N2O2S/c19-16-6-5-15(26-16)12-22-7-9-23(10-8-22)17(24)11-13-1-3-14(4-2-13)25-18(20)21/h1-6,18H,7-12H2. The molecule has 0 N–H and O–H groups in total. The van der Waals surface area contributed by atoms with Crippen LogP contribution in [0, 0.1) is 0 Å². The summed E-state index contributed by atoms with van der Waals surface area (Å²) in [6, 6.07) is 10.4. The first-order valence-corrected chi connectivity index (χ1v) is 9.88. The Bertz CT molecular complexity index is 731. The van der Waals surface area contributed by atoms with Gasteiger partial charge in [-0.2, -0.15) is 8.78 Å². The Morgan fingerprint density at radius 1 is 1.12 bits per heavy atom. The molecule has 1 aromatic heterocycles. The summed E-state index contributed by atoms with van der Waals surface area (Å²) in [5.41, 5.74) is 0.794. The van der Waals surface area contributed by atoms with E-state index >= 15 is 0 Å². The highest BCUT2D eigenvalue weighted by Crippen LogP contribution is 2.23. The maximum Gasteiger partial charge on any atom is 0.387 e. The van der Waals surface area contributed by atoms with Crippen LogP contribution in [0.15, 0.2) is 40.2 Å². The molecule has 1 fully saturated rings. The number of nitrogens with zero attached hydrogens (tertiary/aromatic N) is 2. The summed E-state index contributed by atoms with van der Waals surface area (Å²) in [5.74, 6) is 0.163. The summed E-state index contributed by atoms with van der Waals surface area (Å²) < 4.78 is 29.8. The largest absolute Gasteiger partial charge is 0.435 e. The van der Waals surface area contributed by atoms with Gasteiger partial charge < -0.3 is 9.64 Å². The molecule has 1 aliphatic rings. The summed E-state index contributed by atoms with van der Waals surface area (Å²) in [7, 11) is 0. The van der Waals surface area contributed by atoms with Crippen molar-refractivity contribution in [3.63, 3.8) is 0 Å². The zero-order valence-electron chi connectivity index (χ0n) is 14.0. The molecule has 0 bridgehead atoms. The molecule has 1 aromatic carbocycles. The molecule has 0 spiro atoms. The molecule has 0 saturated carbocycles. The molecule has 2 aromatic rings. The van der Waals surface area contributed by atoms with Crippen molar-refractivity contribution in [1.82, 2.24) is 9.80 Å². The summed E-state index contributed by atoms with van der Waals surface area (Å²) in [6.45, 7) is 1.18. The van der Waals surface area contributed by atoms with E-state index in [4.69, 9.17) is 0 Å². The van der Waals surface area contributed by atoms with Crippen molar-refractivity contribution in [1.29, 1.82) is 0 Å².